The first-order chi connectivity index (χ1) is 8.14. The number of ether oxygens (including phenoxy) is 1. The molecule has 0 saturated carbocycles. The van der Waals surface area contributed by atoms with Crippen molar-refractivity contribution in [1.82, 2.24) is 9.03 Å². The van der Waals surface area contributed by atoms with Gasteiger partial charge in [0.15, 0.2) is 0 Å². The summed E-state index contributed by atoms with van der Waals surface area (Å²) < 4.78 is 31.6. The molecule has 0 rings (SSSR count). The second-order valence-electron chi connectivity index (χ2n) is 4.44. The Morgan fingerprint density at radius 1 is 1.44 bits per heavy atom. The van der Waals surface area contributed by atoms with Crippen LogP contribution in [0.2, 0.25) is 0 Å². The quantitative estimate of drug-likeness (QED) is 0.659. The van der Waals surface area contributed by atoms with Crippen molar-refractivity contribution in [2.45, 2.75) is 25.0 Å². The minimum atomic E-state index is -3.55. The van der Waals surface area contributed by atoms with Gasteiger partial charge in [-0.2, -0.15) is 24.5 Å². The molecule has 6 nitrogen and oxygen atoms in total. The number of hydrogen-bond donors (Lipinski definition) is 1. The summed E-state index contributed by atoms with van der Waals surface area (Å²) in [7, 11) is -0.843. The molecule has 0 unspecified atom stereocenters. The summed E-state index contributed by atoms with van der Waals surface area (Å²) in [5, 5.41) is 0. The van der Waals surface area contributed by atoms with Crippen molar-refractivity contribution in [3.8, 4) is 0 Å². The molecule has 18 heavy (non-hydrogen) atoms. The van der Waals surface area contributed by atoms with Crippen molar-refractivity contribution >= 4 is 27.9 Å². The number of rotatable bonds is 8. The van der Waals surface area contributed by atoms with Crippen LogP contribution in [-0.4, -0.2) is 56.9 Å². The molecule has 0 fully saturated rings. The fraction of sp³-hybridized carbons (Fsp3) is 0.900. The first-order valence-electron chi connectivity index (χ1n) is 5.47. The maximum atomic E-state index is 11.8. The number of carbonyl (C=O) groups is 1. The van der Waals surface area contributed by atoms with Crippen molar-refractivity contribution in [2.24, 2.45) is 0 Å². The zero-order chi connectivity index (χ0) is 14.4. The molecule has 0 saturated heterocycles. The van der Waals surface area contributed by atoms with E-state index < -0.39 is 16.2 Å². The van der Waals surface area contributed by atoms with Crippen LogP contribution in [0.5, 0.6) is 0 Å². The highest BCUT2D eigenvalue weighted by molar-refractivity contribution is 8.00. The summed E-state index contributed by atoms with van der Waals surface area (Å²) >= 11 is 1.58. The van der Waals surface area contributed by atoms with Crippen molar-refractivity contribution in [2.75, 3.05) is 33.5 Å². The van der Waals surface area contributed by atoms with Crippen molar-refractivity contribution in [3.05, 3.63) is 0 Å². The van der Waals surface area contributed by atoms with E-state index in [9.17, 15) is 13.2 Å². The van der Waals surface area contributed by atoms with Crippen molar-refractivity contribution < 1.29 is 17.9 Å². The summed E-state index contributed by atoms with van der Waals surface area (Å²) in [6, 6.07) is 0. The molecule has 0 heterocycles. The summed E-state index contributed by atoms with van der Waals surface area (Å²) in [4.78, 5) is 10.9. The van der Waals surface area contributed by atoms with E-state index in [-0.39, 0.29) is 17.7 Å². The van der Waals surface area contributed by atoms with Gasteiger partial charge in [-0.25, -0.2) is 4.72 Å². The molecule has 0 spiro atoms. The smallest absolute Gasteiger partial charge is 0.306 e. The summed E-state index contributed by atoms with van der Waals surface area (Å²) in [6.45, 7) is 4.34. The van der Waals surface area contributed by atoms with Crippen LogP contribution >= 0.6 is 11.8 Å². The summed E-state index contributed by atoms with van der Waals surface area (Å²) in [5.74, 6) is -0.429. The molecular weight excluding hydrogens is 276 g/mol. The molecule has 0 radical (unpaired) electrons. The van der Waals surface area contributed by atoms with E-state index in [4.69, 9.17) is 0 Å². The Balaban J connectivity index is 4.32. The van der Waals surface area contributed by atoms with Crippen molar-refractivity contribution in [3.63, 3.8) is 0 Å². The van der Waals surface area contributed by atoms with Crippen LogP contribution in [0.4, 0.5) is 0 Å². The first kappa shape index (κ1) is 17.7. The molecule has 0 aliphatic carbocycles. The van der Waals surface area contributed by atoms with E-state index in [1.54, 1.807) is 11.8 Å². The lowest BCUT2D eigenvalue weighted by Crippen LogP contribution is -2.44. The van der Waals surface area contributed by atoms with E-state index in [1.807, 2.05) is 20.1 Å². The van der Waals surface area contributed by atoms with Crippen LogP contribution in [0, 0.1) is 0 Å². The van der Waals surface area contributed by atoms with Gasteiger partial charge in [0.1, 0.15) is 0 Å². The monoisotopic (exact) mass is 298 g/mol. The van der Waals surface area contributed by atoms with Crippen LogP contribution in [0.25, 0.3) is 0 Å². The highest BCUT2D eigenvalue weighted by atomic mass is 32.2. The van der Waals surface area contributed by atoms with Gasteiger partial charge in [-0.3, -0.25) is 4.79 Å². The fourth-order valence-corrected chi connectivity index (χ4v) is 2.32. The average Bonchev–Trinajstić information content (AvgIpc) is 2.33. The second kappa shape index (κ2) is 7.32. The molecule has 8 heteroatoms. The third-order valence-electron chi connectivity index (χ3n) is 2.50. The third kappa shape index (κ3) is 6.58. The van der Waals surface area contributed by atoms with Gasteiger partial charge in [0.25, 0.3) is 10.2 Å². The van der Waals surface area contributed by atoms with E-state index >= 15 is 0 Å². The molecule has 0 aliphatic rings. The Bertz CT molecular complexity index is 368. The molecule has 0 bridgehead atoms. The topological polar surface area (TPSA) is 75.7 Å². The Morgan fingerprint density at radius 3 is 2.44 bits per heavy atom. The normalized spacial score (nSPS) is 12.8. The number of hydrogen-bond acceptors (Lipinski definition) is 5. The lowest BCUT2D eigenvalue weighted by atomic mass is 10.2. The van der Waals surface area contributed by atoms with Gasteiger partial charge in [-0.05, 0) is 20.1 Å². The van der Waals surface area contributed by atoms with Crippen LogP contribution in [0.3, 0.4) is 0 Å². The number of methoxy groups -OCH3 is 1. The Labute approximate surface area is 114 Å². The molecule has 108 valence electrons. The number of esters is 1. The van der Waals surface area contributed by atoms with Crippen LogP contribution in [0.15, 0.2) is 0 Å². The number of nitrogens with zero attached hydrogens (tertiary/aromatic N) is 1. The van der Waals surface area contributed by atoms with Gasteiger partial charge < -0.3 is 4.74 Å². The lowest BCUT2D eigenvalue weighted by Gasteiger charge is -2.24. The van der Waals surface area contributed by atoms with Gasteiger partial charge in [0.05, 0.1) is 13.5 Å². The maximum absolute atomic E-state index is 11.8. The molecule has 0 atom stereocenters. The van der Waals surface area contributed by atoms with Crippen LogP contribution in [-0.2, 0) is 19.7 Å². The fourth-order valence-electron chi connectivity index (χ4n) is 0.918. The number of thioether (sulfide) groups is 1. The zero-order valence-corrected chi connectivity index (χ0v) is 13.2. The van der Waals surface area contributed by atoms with Gasteiger partial charge in [0, 0.05) is 24.9 Å². The molecular formula is C10H22N2O4S2. The number of nitrogens with one attached hydrogen (secondary N) is 1. The number of carbonyl (C=O) groups excluding carboxylic acids is 1. The molecule has 0 aromatic rings. The molecule has 0 amide bonds. The largest absolute Gasteiger partial charge is 0.469 e. The second-order valence-corrected chi connectivity index (χ2v) is 7.81. The van der Waals surface area contributed by atoms with E-state index in [1.165, 1.54) is 14.2 Å². The van der Waals surface area contributed by atoms with Gasteiger partial charge in [0.2, 0.25) is 0 Å². The molecule has 0 aliphatic heterocycles. The summed E-state index contributed by atoms with van der Waals surface area (Å²) in [6.07, 6.45) is 1.97. The molecule has 0 aromatic carbocycles. The van der Waals surface area contributed by atoms with E-state index in [0.717, 1.165) is 4.31 Å². The first-order valence-corrected chi connectivity index (χ1v) is 8.14. The lowest BCUT2D eigenvalue weighted by molar-refractivity contribution is -0.140. The van der Waals surface area contributed by atoms with E-state index in [0.29, 0.717) is 6.54 Å². The van der Waals surface area contributed by atoms with Crippen LogP contribution in [0.1, 0.15) is 20.3 Å². The third-order valence-corrected chi connectivity index (χ3v) is 5.26. The predicted octanol–water partition coefficient (Wildman–Crippen LogP) is 0.457. The Kier molecular flexibility index (Phi) is 7.19. The average molecular weight is 298 g/mol. The zero-order valence-electron chi connectivity index (χ0n) is 11.5. The minimum Gasteiger partial charge on any atom is -0.469 e. The Hall–Kier alpha value is -0.310. The van der Waals surface area contributed by atoms with Gasteiger partial charge in [-0.1, -0.05) is 0 Å². The Morgan fingerprint density at radius 2 is 2.00 bits per heavy atom. The minimum absolute atomic E-state index is 0.0415. The van der Waals surface area contributed by atoms with Gasteiger partial charge >= 0.3 is 5.97 Å². The van der Waals surface area contributed by atoms with Gasteiger partial charge in [-0.15, -0.1) is 0 Å². The summed E-state index contributed by atoms with van der Waals surface area (Å²) in [5.41, 5.74) is 0. The van der Waals surface area contributed by atoms with Crippen LogP contribution < -0.4 is 4.72 Å². The van der Waals surface area contributed by atoms with Crippen molar-refractivity contribution in [1.29, 1.82) is 0 Å². The molecule has 0 aromatic heterocycles. The standard InChI is InChI=1S/C10H22N2O4S2/c1-10(2,17-5)8-11-18(14,15)12(3)7-6-9(13)16-4/h11H,6-8H2,1-5H3. The maximum Gasteiger partial charge on any atom is 0.306 e. The molecule has 1 N–H and O–H groups in total. The van der Waals surface area contributed by atoms with E-state index in [2.05, 4.69) is 9.46 Å². The SMILES string of the molecule is COC(=O)CCN(C)S(=O)(=O)NCC(C)(C)SC. The highest BCUT2D eigenvalue weighted by Gasteiger charge is 2.23. The highest BCUT2D eigenvalue weighted by Crippen LogP contribution is 2.19. The predicted molar refractivity (Wildman–Crippen MR) is 73.8 cm³/mol.